The van der Waals surface area contributed by atoms with E-state index in [1.807, 2.05) is 0 Å². The summed E-state index contributed by atoms with van der Waals surface area (Å²) in [4.78, 5) is 0. The Bertz CT molecular complexity index is 805. The highest BCUT2D eigenvalue weighted by atomic mass is 14.2. The van der Waals surface area contributed by atoms with Crippen LogP contribution >= 0.6 is 0 Å². The monoisotopic (exact) mass is 315 g/mol. The van der Waals surface area contributed by atoms with E-state index in [0.717, 1.165) is 5.92 Å². The van der Waals surface area contributed by atoms with Crippen molar-refractivity contribution in [3.05, 3.63) is 66.6 Å². The largest absolute Gasteiger partial charge is 0.0616 e. The summed E-state index contributed by atoms with van der Waals surface area (Å²) in [6, 6.07) is 20.3. The Balaban J connectivity index is 1.66. The molecule has 0 N–H and O–H groups in total. The average molecular weight is 315 g/mol. The van der Waals surface area contributed by atoms with Crippen molar-refractivity contribution in [1.29, 1.82) is 0 Å². The van der Waals surface area contributed by atoms with Gasteiger partial charge in [0.1, 0.15) is 0 Å². The summed E-state index contributed by atoms with van der Waals surface area (Å²) in [7, 11) is 0. The van der Waals surface area contributed by atoms with Gasteiger partial charge in [0.15, 0.2) is 0 Å². The number of benzene rings is 3. The van der Waals surface area contributed by atoms with Crippen LogP contribution in [0.1, 0.15) is 50.5 Å². The molecule has 1 atom stereocenters. The highest BCUT2D eigenvalue weighted by molar-refractivity contribution is 5.99. The highest BCUT2D eigenvalue weighted by Gasteiger charge is 2.13. The minimum absolute atomic E-state index is 0.750. The molecule has 0 aliphatic heterocycles. The molecule has 123 valence electrons. The smallest absolute Gasteiger partial charge is 0.0145 e. The van der Waals surface area contributed by atoms with Gasteiger partial charge in [-0.2, -0.15) is 0 Å². The molecule has 0 bridgehead atoms. The van der Waals surface area contributed by atoms with E-state index < -0.39 is 0 Å². The first-order valence-corrected chi connectivity index (χ1v) is 9.64. The van der Waals surface area contributed by atoms with E-state index in [-0.39, 0.29) is 0 Å². The predicted octanol–water partition coefficient (Wildman–Crippen LogP) is 7.10. The third kappa shape index (κ3) is 3.48. The minimum Gasteiger partial charge on any atom is -0.0616 e. The van der Waals surface area contributed by atoms with Gasteiger partial charge in [0.05, 0.1) is 0 Å². The van der Waals surface area contributed by atoms with Crippen molar-refractivity contribution < 1.29 is 0 Å². The van der Waals surface area contributed by atoms with Crippen LogP contribution in [0, 0.1) is 12.3 Å². The Labute approximate surface area is 145 Å². The van der Waals surface area contributed by atoms with Crippen molar-refractivity contribution in [1.82, 2.24) is 0 Å². The lowest BCUT2D eigenvalue weighted by molar-refractivity contribution is 0.509. The van der Waals surface area contributed by atoms with Crippen LogP contribution < -0.4 is 0 Å². The fraction of sp³-hybridized carbons (Fsp3) is 0.375. The Morgan fingerprint density at radius 1 is 0.708 bits per heavy atom. The zero-order valence-corrected chi connectivity index (χ0v) is 14.5. The number of hydrogen-bond donors (Lipinski definition) is 0. The third-order valence-electron chi connectivity index (χ3n) is 5.60. The van der Waals surface area contributed by atoms with Gasteiger partial charge in [-0.1, -0.05) is 74.6 Å². The number of hydrogen-bond acceptors (Lipinski definition) is 0. The molecule has 0 spiro atoms. The fourth-order valence-electron chi connectivity index (χ4n) is 4.23. The third-order valence-corrected chi connectivity index (χ3v) is 5.60. The van der Waals surface area contributed by atoms with Gasteiger partial charge in [-0.3, -0.25) is 0 Å². The summed E-state index contributed by atoms with van der Waals surface area (Å²) < 4.78 is 0. The van der Waals surface area contributed by atoms with Crippen LogP contribution in [0.5, 0.6) is 0 Å². The van der Waals surface area contributed by atoms with Crippen LogP contribution in [0.3, 0.4) is 0 Å². The molecule has 0 nitrogen and oxygen atoms in total. The maximum absolute atomic E-state index is 2.62. The van der Waals surface area contributed by atoms with E-state index in [9.17, 15) is 0 Å². The molecule has 0 heteroatoms. The van der Waals surface area contributed by atoms with Crippen molar-refractivity contribution in [3.63, 3.8) is 0 Å². The van der Waals surface area contributed by atoms with E-state index in [0.29, 0.717) is 0 Å². The summed E-state index contributed by atoms with van der Waals surface area (Å²) in [6.45, 7) is 0. The second-order valence-corrected chi connectivity index (χ2v) is 7.38. The Morgan fingerprint density at radius 2 is 1.46 bits per heavy atom. The number of fused-ring (bicyclic) bond motifs is 2. The summed E-state index contributed by atoms with van der Waals surface area (Å²) in [6.07, 6.45) is 13.5. The summed E-state index contributed by atoms with van der Waals surface area (Å²) >= 11 is 0. The zero-order chi connectivity index (χ0) is 16.2. The van der Waals surface area contributed by atoms with Crippen LogP contribution in [0.25, 0.3) is 21.5 Å². The molecule has 0 aromatic heterocycles. The zero-order valence-electron chi connectivity index (χ0n) is 14.5. The van der Waals surface area contributed by atoms with Crippen molar-refractivity contribution in [3.8, 4) is 0 Å². The normalized spacial score (nSPS) is 17.5. The first kappa shape index (κ1) is 15.7. The molecule has 0 amide bonds. The molecule has 1 unspecified atom stereocenters. The van der Waals surface area contributed by atoms with E-state index in [2.05, 4.69) is 61.0 Å². The molecule has 0 heterocycles. The minimum atomic E-state index is 0.750. The molecular weight excluding hydrogens is 288 g/mol. The van der Waals surface area contributed by atoms with Gasteiger partial charge in [-0.15, -0.1) is 0 Å². The standard InChI is InChI=1S/C24H27/c1-2-4-6-11-19(10-5-3-1)16-22-14-9-15-23-17-20-12-7-8-13-21(20)18-24(22)23/h7-10,12-15,17-19H,1-6,11,16H2. The summed E-state index contributed by atoms with van der Waals surface area (Å²) in [5.74, 6) is 0.750. The highest BCUT2D eigenvalue weighted by Crippen LogP contribution is 2.30. The first-order valence-electron chi connectivity index (χ1n) is 9.64. The van der Waals surface area contributed by atoms with Gasteiger partial charge < -0.3 is 0 Å². The van der Waals surface area contributed by atoms with E-state index in [4.69, 9.17) is 0 Å². The van der Waals surface area contributed by atoms with E-state index >= 15 is 0 Å². The van der Waals surface area contributed by atoms with Gasteiger partial charge in [-0.25, -0.2) is 0 Å². The van der Waals surface area contributed by atoms with E-state index in [1.165, 1.54) is 78.5 Å². The van der Waals surface area contributed by atoms with Gasteiger partial charge in [0, 0.05) is 0 Å². The second-order valence-electron chi connectivity index (χ2n) is 7.38. The molecule has 1 saturated carbocycles. The quantitative estimate of drug-likeness (QED) is 0.442. The Kier molecular flexibility index (Phi) is 4.83. The first-order chi connectivity index (χ1) is 11.9. The summed E-state index contributed by atoms with van der Waals surface area (Å²) in [5, 5.41) is 5.53. The average Bonchev–Trinajstić information content (AvgIpc) is 2.74. The van der Waals surface area contributed by atoms with E-state index in [1.54, 1.807) is 0 Å². The fourth-order valence-corrected chi connectivity index (χ4v) is 4.23. The molecule has 4 rings (SSSR count). The van der Waals surface area contributed by atoms with Crippen LogP contribution in [0.15, 0.2) is 54.6 Å². The molecular formula is C24H27. The van der Waals surface area contributed by atoms with Crippen LogP contribution in [0.2, 0.25) is 0 Å². The maximum atomic E-state index is 2.62. The maximum Gasteiger partial charge on any atom is -0.0145 e. The van der Waals surface area contributed by atoms with Crippen LogP contribution in [-0.2, 0) is 6.42 Å². The molecule has 0 saturated heterocycles. The molecule has 1 radical (unpaired) electrons. The second kappa shape index (κ2) is 7.38. The van der Waals surface area contributed by atoms with Crippen LogP contribution in [-0.4, -0.2) is 0 Å². The van der Waals surface area contributed by atoms with Gasteiger partial charge in [0.2, 0.25) is 0 Å². The number of rotatable bonds is 2. The molecule has 3 aromatic rings. The lowest BCUT2D eigenvalue weighted by Gasteiger charge is -2.17. The van der Waals surface area contributed by atoms with Crippen molar-refractivity contribution in [2.24, 2.45) is 5.92 Å². The summed E-state index contributed by atoms with van der Waals surface area (Å²) in [5.41, 5.74) is 1.53. The molecule has 1 aliphatic carbocycles. The van der Waals surface area contributed by atoms with Crippen molar-refractivity contribution in [2.75, 3.05) is 0 Å². The Morgan fingerprint density at radius 3 is 2.38 bits per heavy atom. The molecule has 3 aromatic carbocycles. The lowest BCUT2D eigenvalue weighted by Crippen LogP contribution is -2.06. The van der Waals surface area contributed by atoms with Crippen molar-refractivity contribution >= 4 is 21.5 Å². The van der Waals surface area contributed by atoms with Gasteiger partial charge in [0.25, 0.3) is 0 Å². The molecule has 24 heavy (non-hydrogen) atoms. The topological polar surface area (TPSA) is 0 Å². The van der Waals surface area contributed by atoms with Crippen LogP contribution in [0.4, 0.5) is 0 Å². The SMILES string of the molecule is [CH]1CCCCCCCC1Cc1cccc2cc3ccccc3cc12. The molecule has 1 fully saturated rings. The lowest BCUT2D eigenvalue weighted by atomic mass is 9.88. The van der Waals surface area contributed by atoms with Crippen molar-refractivity contribution in [2.45, 2.75) is 51.4 Å². The Hall–Kier alpha value is -1.82. The molecule has 1 aliphatic rings. The van der Waals surface area contributed by atoms with Gasteiger partial charge >= 0.3 is 0 Å². The van der Waals surface area contributed by atoms with Gasteiger partial charge in [-0.05, 0) is 70.8 Å². The predicted molar refractivity (Wildman–Crippen MR) is 105 cm³/mol.